The first kappa shape index (κ1) is 21.9. The number of hydrogen-bond acceptors (Lipinski definition) is 4. The summed E-state index contributed by atoms with van der Waals surface area (Å²) in [5.74, 6) is 0.821. The van der Waals surface area contributed by atoms with Gasteiger partial charge in [-0.05, 0) is 35.9 Å². The lowest BCUT2D eigenvalue weighted by molar-refractivity contribution is -0.130. The second-order valence-electron chi connectivity index (χ2n) is 6.77. The van der Waals surface area contributed by atoms with Crippen LogP contribution in [0, 0.1) is 0 Å². The van der Waals surface area contributed by atoms with Gasteiger partial charge in [0.15, 0.2) is 11.7 Å². The Kier molecular flexibility index (Phi) is 7.13. The number of carbonyl (C=O) groups is 2. The predicted molar refractivity (Wildman–Crippen MR) is 117 cm³/mol. The van der Waals surface area contributed by atoms with Gasteiger partial charge in [0.25, 0.3) is 5.91 Å². The van der Waals surface area contributed by atoms with Gasteiger partial charge in [0.05, 0.1) is 11.2 Å². The van der Waals surface area contributed by atoms with Gasteiger partial charge in [-0.3, -0.25) is 9.59 Å². The number of aryl methyl sites for hydroxylation is 1. The molecule has 0 aliphatic carbocycles. The SMILES string of the molecule is CNC(=O)c1ccc(CN(C)C(=O)CCc2ncc(-c3ccc(Cl)cc3Cl)o2)cc1. The molecular weight excluding hydrogens is 425 g/mol. The molecule has 0 spiro atoms. The predicted octanol–water partition coefficient (Wildman–Crippen LogP) is 4.60. The Bertz CT molecular complexity index is 1050. The van der Waals surface area contributed by atoms with Crippen LogP contribution in [0.1, 0.15) is 28.2 Å². The fraction of sp³-hybridized carbons (Fsp3) is 0.227. The van der Waals surface area contributed by atoms with E-state index in [0.717, 1.165) is 5.56 Å². The van der Waals surface area contributed by atoms with Crippen molar-refractivity contribution in [2.75, 3.05) is 14.1 Å². The van der Waals surface area contributed by atoms with E-state index < -0.39 is 0 Å². The summed E-state index contributed by atoms with van der Waals surface area (Å²) in [6, 6.07) is 12.3. The molecule has 0 fully saturated rings. The maximum Gasteiger partial charge on any atom is 0.251 e. The van der Waals surface area contributed by atoms with Gasteiger partial charge < -0.3 is 14.6 Å². The van der Waals surface area contributed by atoms with E-state index in [1.165, 1.54) is 0 Å². The van der Waals surface area contributed by atoms with E-state index >= 15 is 0 Å². The molecule has 1 aromatic heterocycles. The summed E-state index contributed by atoms with van der Waals surface area (Å²) < 4.78 is 5.74. The van der Waals surface area contributed by atoms with Crippen LogP contribution in [0.5, 0.6) is 0 Å². The van der Waals surface area contributed by atoms with Crippen molar-refractivity contribution < 1.29 is 14.0 Å². The molecule has 0 saturated heterocycles. The molecule has 1 N–H and O–H groups in total. The third-order valence-electron chi connectivity index (χ3n) is 4.59. The highest BCUT2D eigenvalue weighted by Crippen LogP contribution is 2.30. The molecule has 8 heteroatoms. The second kappa shape index (κ2) is 9.78. The molecular formula is C22H21Cl2N3O3. The van der Waals surface area contributed by atoms with Crippen molar-refractivity contribution in [3.8, 4) is 11.3 Å². The van der Waals surface area contributed by atoms with Crippen molar-refractivity contribution in [2.45, 2.75) is 19.4 Å². The summed E-state index contributed by atoms with van der Waals surface area (Å²) in [6.45, 7) is 0.448. The van der Waals surface area contributed by atoms with Crippen molar-refractivity contribution >= 4 is 35.0 Å². The number of benzene rings is 2. The average molecular weight is 446 g/mol. The van der Waals surface area contributed by atoms with Crippen LogP contribution in [0.2, 0.25) is 10.0 Å². The maximum atomic E-state index is 12.5. The molecule has 0 unspecified atom stereocenters. The number of rotatable bonds is 7. The topological polar surface area (TPSA) is 75.4 Å². The molecule has 0 radical (unpaired) electrons. The lowest BCUT2D eigenvalue weighted by atomic mass is 10.1. The monoisotopic (exact) mass is 445 g/mol. The fourth-order valence-corrected chi connectivity index (χ4v) is 3.41. The first-order valence-electron chi connectivity index (χ1n) is 9.32. The minimum absolute atomic E-state index is 0.0327. The number of hydrogen-bond donors (Lipinski definition) is 1. The van der Waals surface area contributed by atoms with E-state index in [1.807, 2.05) is 12.1 Å². The summed E-state index contributed by atoms with van der Waals surface area (Å²) in [5.41, 5.74) is 2.22. The van der Waals surface area contributed by atoms with E-state index in [4.69, 9.17) is 27.6 Å². The van der Waals surface area contributed by atoms with Crippen molar-refractivity contribution in [3.63, 3.8) is 0 Å². The zero-order chi connectivity index (χ0) is 21.7. The quantitative estimate of drug-likeness (QED) is 0.576. The maximum absolute atomic E-state index is 12.5. The molecule has 0 saturated carbocycles. The molecule has 156 valence electrons. The first-order valence-corrected chi connectivity index (χ1v) is 10.1. The van der Waals surface area contributed by atoms with E-state index in [9.17, 15) is 9.59 Å². The number of aromatic nitrogens is 1. The highest BCUT2D eigenvalue weighted by Gasteiger charge is 2.14. The number of halogens is 2. The van der Waals surface area contributed by atoms with Gasteiger partial charge in [0, 0.05) is 49.6 Å². The van der Waals surface area contributed by atoms with Crippen LogP contribution in [0.25, 0.3) is 11.3 Å². The third kappa shape index (κ3) is 5.40. The van der Waals surface area contributed by atoms with Crippen molar-refractivity contribution in [1.29, 1.82) is 0 Å². The van der Waals surface area contributed by atoms with Gasteiger partial charge in [-0.2, -0.15) is 0 Å². The summed E-state index contributed by atoms with van der Waals surface area (Å²) >= 11 is 12.1. The van der Waals surface area contributed by atoms with E-state index in [-0.39, 0.29) is 18.2 Å². The Morgan fingerprint density at radius 3 is 2.53 bits per heavy atom. The van der Waals surface area contributed by atoms with Gasteiger partial charge in [0.1, 0.15) is 0 Å². The largest absolute Gasteiger partial charge is 0.441 e. The molecule has 3 rings (SSSR count). The number of amides is 2. The highest BCUT2D eigenvalue weighted by atomic mass is 35.5. The van der Waals surface area contributed by atoms with Crippen molar-refractivity contribution in [3.05, 3.63) is 75.7 Å². The summed E-state index contributed by atoms with van der Waals surface area (Å²) in [7, 11) is 3.33. The zero-order valence-electron chi connectivity index (χ0n) is 16.6. The summed E-state index contributed by atoms with van der Waals surface area (Å²) in [5, 5.41) is 3.60. The van der Waals surface area contributed by atoms with Gasteiger partial charge in [0.2, 0.25) is 5.91 Å². The molecule has 6 nitrogen and oxygen atoms in total. The van der Waals surface area contributed by atoms with Crippen LogP contribution < -0.4 is 5.32 Å². The Morgan fingerprint density at radius 1 is 1.13 bits per heavy atom. The molecule has 30 heavy (non-hydrogen) atoms. The van der Waals surface area contributed by atoms with E-state index in [1.54, 1.807) is 55.5 Å². The third-order valence-corrected chi connectivity index (χ3v) is 5.14. The second-order valence-corrected chi connectivity index (χ2v) is 7.61. The Labute approximate surface area is 184 Å². The lowest BCUT2D eigenvalue weighted by Crippen LogP contribution is -2.26. The number of carbonyl (C=O) groups excluding carboxylic acids is 2. The Balaban J connectivity index is 1.55. The molecule has 0 aliphatic rings. The van der Waals surface area contributed by atoms with Crippen LogP contribution >= 0.6 is 23.2 Å². The lowest BCUT2D eigenvalue weighted by Gasteiger charge is -2.17. The normalized spacial score (nSPS) is 10.7. The molecule has 3 aromatic rings. The minimum atomic E-state index is -0.142. The Morgan fingerprint density at radius 2 is 1.87 bits per heavy atom. The van der Waals surface area contributed by atoms with Crippen molar-refractivity contribution in [2.24, 2.45) is 0 Å². The zero-order valence-corrected chi connectivity index (χ0v) is 18.1. The van der Waals surface area contributed by atoms with Gasteiger partial charge in [-0.25, -0.2) is 4.98 Å². The number of oxazole rings is 1. The highest BCUT2D eigenvalue weighted by molar-refractivity contribution is 6.36. The van der Waals surface area contributed by atoms with Gasteiger partial charge >= 0.3 is 0 Å². The average Bonchev–Trinajstić information content (AvgIpc) is 3.20. The molecule has 0 atom stereocenters. The minimum Gasteiger partial charge on any atom is -0.441 e. The van der Waals surface area contributed by atoms with E-state index in [2.05, 4.69) is 10.3 Å². The molecule has 2 aromatic carbocycles. The standard InChI is InChI=1S/C22H21Cl2N3O3/c1-25-22(29)15-5-3-14(4-6-15)13-27(2)21(28)10-9-20-26-12-19(30-20)17-8-7-16(23)11-18(17)24/h3-8,11-12H,9-10,13H2,1-2H3,(H,25,29). The molecule has 1 heterocycles. The van der Waals surface area contributed by atoms with E-state index in [0.29, 0.717) is 45.8 Å². The number of nitrogens with zero attached hydrogens (tertiary/aromatic N) is 2. The fourth-order valence-electron chi connectivity index (χ4n) is 2.91. The number of nitrogens with one attached hydrogen (secondary N) is 1. The van der Waals surface area contributed by atoms with Crippen LogP contribution in [0.15, 0.2) is 53.1 Å². The van der Waals surface area contributed by atoms with Crippen molar-refractivity contribution in [1.82, 2.24) is 15.2 Å². The van der Waals surface area contributed by atoms with Crippen LogP contribution in [0.4, 0.5) is 0 Å². The molecule has 2 amide bonds. The van der Waals surface area contributed by atoms with Gasteiger partial charge in [-0.1, -0.05) is 35.3 Å². The van der Waals surface area contributed by atoms with Gasteiger partial charge in [-0.15, -0.1) is 0 Å². The molecule has 0 bridgehead atoms. The first-order chi connectivity index (χ1) is 14.4. The summed E-state index contributed by atoms with van der Waals surface area (Å²) in [6.07, 6.45) is 2.23. The Hall–Kier alpha value is -2.83. The van der Waals surface area contributed by atoms with Crippen LogP contribution in [0.3, 0.4) is 0 Å². The van der Waals surface area contributed by atoms with Crippen LogP contribution in [-0.2, 0) is 17.8 Å². The smallest absolute Gasteiger partial charge is 0.251 e. The molecule has 0 aliphatic heterocycles. The summed E-state index contributed by atoms with van der Waals surface area (Å²) in [4.78, 5) is 29.9. The van der Waals surface area contributed by atoms with Crippen LogP contribution in [-0.4, -0.2) is 35.8 Å².